The summed E-state index contributed by atoms with van der Waals surface area (Å²) >= 11 is 0. The van der Waals surface area contributed by atoms with Crippen molar-refractivity contribution in [3.05, 3.63) is 36.5 Å². The van der Waals surface area contributed by atoms with Crippen molar-refractivity contribution >= 4 is 11.9 Å². The van der Waals surface area contributed by atoms with Gasteiger partial charge in [-0.1, -0.05) is 243 Å². The van der Waals surface area contributed by atoms with Crippen LogP contribution in [0.5, 0.6) is 0 Å². The van der Waals surface area contributed by atoms with Crippen LogP contribution in [0.1, 0.15) is 278 Å². The Morgan fingerprint density at radius 2 is 0.885 bits per heavy atom. The highest BCUT2D eigenvalue weighted by atomic mass is 16.5. The molecule has 1 amide bonds. The van der Waals surface area contributed by atoms with Gasteiger partial charge in [0.2, 0.25) is 5.91 Å². The van der Waals surface area contributed by atoms with E-state index in [2.05, 4.69) is 62.5 Å². The second-order valence-corrected chi connectivity index (χ2v) is 18.3. The van der Waals surface area contributed by atoms with Gasteiger partial charge in [-0.2, -0.15) is 0 Å². The molecule has 0 fully saturated rings. The number of unbranched alkanes of at least 4 members (excludes halogenated alkanes) is 30. The molecule has 0 rings (SSSR count). The first-order valence-corrected chi connectivity index (χ1v) is 26.7. The number of carbonyl (C=O) groups excluding carboxylic acids is 2. The number of rotatable bonds is 48. The van der Waals surface area contributed by atoms with E-state index in [1.807, 2.05) is 0 Å². The van der Waals surface area contributed by atoms with Crippen LogP contribution in [0.15, 0.2) is 36.5 Å². The van der Waals surface area contributed by atoms with E-state index in [4.69, 9.17) is 4.74 Å². The SMILES string of the molecule is CC/C=C/C/C=C/C/C=C/CCCCCCCCC(=O)OC(CCCCCCCCCCCCCC)CC(=O)NC(CO)C(O)CCCCCCCCCCCCCCCC. The number of aliphatic hydroxyl groups excluding tert-OH is 2. The lowest BCUT2D eigenvalue weighted by Crippen LogP contribution is -2.46. The minimum absolute atomic E-state index is 0.0763. The van der Waals surface area contributed by atoms with Crippen LogP contribution in [0.3, 0.4) is 0 Å². The number of hydrogen-bond donors (Lipinski definition) is 3. The lowest BCUT2D eigenvalue weighted by molar-refractivity contribution is -0.151. The summed E-state index contributed by atoms with van der Waals surface area (Å²) in [4.78, 5) is 26.2. The second-order valence-electron chi connectivity index (χ2n) is 18.3. The van der Waals surface area contributed by atoms with Crippen LogP contribution < -0.4 is 5.32 Å². The van der Waals surface area contributed by atoms with Gasteiger partial charge in [0.05, 0.1) is 25.2 Å². The molecule has 0 aromatic heterocycles. The Bertz CT molecular complexity index is 1010. The molecule has 6 nitrogen and oxygen atoms in total. The van der Waals surface area contributed by atoms with Crippen LogP contribution in [0.2, 0.25) is 0 Å². The van der Waals surface area contributed by atoms with Crippen molar-refractivity contribution in [2.45, 2.75) is 296 Å². The Kier molecular flexibility index (Phi) is 47.6. The number of ether oxygens (including phenoxy) is 1. The predicted molar refractivity (Wildman–Crippen MR) is 264 cm³/mol. The molecule has 0 aliphatic rings. The van der Waals surface area contributed by atoms with Gasteiger partial charge in [0.15, 0.2) is 0 Å². The first kappa shape index (κ1) is 59.1. The number of nitrogens with one attached hydrogen (secondary N) is 1. The van der Waals surface area contributed by atoms with E-state index < -0.39 is 18.2 Å². The van der Waals surface area contributed by atoms with Crippen LogP contribution in [-0.4, -0.2) is 46.9 Å². The predicted octanol–water partition coefficient (Wildman–Crippen LogP) is 16.1. The average Bonchev–Trinajstić information content (AvgIpc) is 3.25. The molecule has 3 atom stereocenters. The molecule has 0 saturated heterocycles. The molecule has 0 heterocycles. The van der Waals surface area contributed by atoms with Crippen LogP contribution >= 0.6 is 0 Å². The molecular weight excluding hydrogens is 755 g/mol. The summed E-state index contributed by atoms with van der Waals surface area (Å²) in [6.07, 6.45) is 57.7. The van der Waals surface area contributed by atoms with Gasteiger partial charge >= 0.3 is 5.97 Å². The van der Waals surface area contributed by atoms with Crippen LogP contribution in [-0.2, 0) is 14.3 Å². The van der Waals surface area contributed by atoms with Gasteiger partial charge in [0.25, 0.3) is 0 Å². The highest BCUT2D eigenvalue weighted by molar-refractivity contribution is 5.77. The van der Waals surface area contributed by atoms with Crippen molar-refractivity contribution in [2.24, 2.45) is 0 Å². The number of hydrogen-bond acceptors (Lipinski definition) is 5. The number of amides is 1. The maximum atomic E-state index is 13.2. The second kappa shape index (κ2) is 49.1. The monoisotopic (exact) mass is 858 g/mol. The summed E-state index contributed by atoms with van der Waals surface area (Å²) in [6.45, 7) is 6.39. The topological polar surface area (TPSA) is 95.9 Å². The van der Waals surface area contributed by atoms with E-state index in [0.29, 0.717) is 19.3 Å². The van der Waals surface area contributed by atoms with Crippen molar-refractivity contribution in [1.82, 2.24) is 5.32 Å². The Balaban J connectivity index is 4.53. The summed E-state index contributed by atoms with van der Waals surface area (Å²) in [5.41, 5.74) is 0. The molecule has 3 N–H and O–H groups in total. The fraction of sp³-hybridized carbons (Fsp3) is 0.855. The lowest BCUT2D eigenvalue weighted by atomic mass is 10.0. The van der Waals surface area contributed by atoms with Gasteiger partial charge < -0.3 is 20.3 Å². The van der Waals surface area contributed by atoms with Gasteiger partial charge in [0.1, 0.15) is 6.10 Å². The Morgan fingerprint density at radius 3 is 1.34 bits per heavy atom. The van der Waals surface area contributed by atoms with Crippen molar-refractivity contribution in [3.8, 4) is 0 Å². The van der Waals surface area contributed by atoms with Crippen LogP contribution in [0, 0.1) is 0 Å². The molecule has 0 aliphatic carbocycles. The lowest BCUT2D eigenvalue weighted by Gasteiger charge is -2.24. The van der Waals surface area contributed by atoms with E-state index in [0.717, 1.165) is 70.6 Å². The third-order valence-electron chi connectivity index (χ3n) is 12.2. The summed E-state index contributed by atoms with van der Waals surface area (Å²) in [6, 6.07) is -0.700. The van der Waals surface area contributed by atoms with Gasteiger partial charge in [-0.05, 0) is 57.8 Å². The number of aliphatic hydroxyl groups is 2. The third-order valence-corrected chi connectivity index (χ3v) is 12.2. The molecule has 3 unspecified atom stereocenters. The molecule has 0 aromatic carbocycles. The maximum Gasteiger partial charge on any atom is 0.306 e. The zero-order chi connectivity index (χ0) is 44.5. The zero-order valence-corrected chi connectivity index (χ0v) is 40.8. The van der Waals surface area contributed by atoms with Gasteiger partial charge in [-0.15, -0.1) is 0 Å². The highest BCUT2D eigenvalue weighted by Crippen LogP contribution is 2.18. The van der Waals surface area contributed by atoms with Crippen LogP contribution in [0.4, 0.5) is 0 Å². The summed E-state index contributed by atoms with van der Waals surface area (Å²) in [5, 5.41) is 23.8. The largest absolute Gasteiger partial charge is 0.462 e. The number of carbonyl (C=O) groups is 2. The quantitative estimate of drug-likeness (QED) is 0.0322. The molecule has 0 aromatic rings. The molecule has 358 valence electrons. The molecule has 0 saturated carbocycles. The van der Waals surface area contributed by atoms with E-state index in [9.17, 15) is 19.8 Å². The van der Waals surface area contributed by atoms with Crippen molar-refractivity contribution in [3.63, 3.8) is 0 Å². The number of esters is 1. The average molecular weight is 858 g/mol. The van der Waals surface area contributed by atoms with E-state index in [1.165, 1.54) is 161 Å². The molecule has 0 bridgehead atoms. The standard InChI is InChI=1S/C55H103NO5/c1-4-7-10-13-16-19-22-25-27-28-30-33-36-39-42-45-48-55(60)61-51(46-43-40-37-34-31-24-21-18-15-12-9-6-3)49-54(59)56-52(50-57)53(58)47-44-41-38-35-32-29-26-23-20-17-14-11-8-5-2/h7,10,16,19,25,27,51-53,57-58H,4-6,8-9,11-15,17-18,20-24,26,28-50H2,1-3H3,(H,56,59)/b10-7+,19-16+,27-25+. The van der Waals surface area contributed by atoms with Crippen molar-refractivity contribution < 1.29 is 24.5 Å². The molecule has 0 spiro atoms. The van der Waals surface area contributed by atoms with E-state index >= 15 is 0 Å². The molecule has 61 heavy (non-hydrogen) atoms. The Morgan fingerprint density at radius 1 is 0.492 bits per heavy atom. The van der Waals surface area contributed by atoms with Crippen molar-refractivity contribution in [2.75, 3.05) is 6.61 Å². The third kappa shape index (κ3) is 44.5. The maximum absolute atomic E-state index is 13.2. The Labute approximate surface area is 379 Å². The highest BCUT2D eigenvalue weighted by Gasteiger charge is 2.24. The van der Waals surface area contributed by atoms with Gasteiger partial charge in [0, 0.05) is 6.42 Å². The van der Waals surface area contributed by atoms with Gasteiger partial charge in [-0.3, -0.25) is 9.59 Å². The fourth-order valence-electron chi connectivity index (χ4n) is 8.21. The minimum Gasteiger partial charge on any atom is -0.462 e. The smallest absolute Gasteiger partial charge is 0.306 e. The van der Waals surface area contributed by atoms with Gasteiger partial charge in [-0.25, -0.2) is 0 Å². The Hall–Kier alpha value is -1.92. The first-order valence-electron chi connectivity index (χ1n) is 26.7. The molecule has 0 radical (unpaired) electrons. The molecule has 6 heteroatoms. The zero-order valence-electron chi connectivity index (χ0n) is 40.8. The summed E-state index contributed by atoms with van der Waals surface area (Å²) in [7, 11) is 0. The normalized spacial score (nSPS) is 13.5. The fourth-order valence-corrected chi connectivity index (χ4v) is 8.21. The summed E-state index contributed by atoms with van der Waals surface area (Å²) < 4.78 is 5.94. The van der Waals surface area contributed by atoms with Crippen LogP contribution in [0.25, 0.3) is 0 Å². The van der Waals surface area contributed by atoms with Crippen molar-refractivity contribution in [1.29, 1.82) is 0 Å². The first-order chi connectivity index (χ1) is 30.0. The van der Waals surface area contributed by atoms with E-state index in [-0.39, 0.29) is 24.9 Å². The van der Waals surface area contributed by atoms with E-state index in [1.54, 1.807) is 0 Å². The summed E-state index contributed by atoms with van der Waals surface area (Å²) in [5.74, 6) is -0.476. The minimum atomic E-state index is -0.787. The number of allylic oxidation sites excluding steroid dienone is 6. The molecular formula is C55H103NO5. The molecule has 0 aliphatic heterocycles.